The number of rotatable bonds is 5. The highest BCUT2D eigenvalue weighted by Gasteiger charge is 2.68. The molecule has 2 aromatic heterocycles. The van der Waals surface area contributed by atoms with Gasteiger partial charge in [-0.2, -0.15) is 31.6 Å². The number of carbonyl (C=O) groups is 1. The number of nitriles is 1. The van der Waals surface area contributed by atoms with Gasteiger partial charge in [0.1, 0.15) is 4.90 Å². The van der Waals surface area contributed by atoms with Crippen molar-refractivity contribution in [2.24, 2.45) is 5.41 Å². The Morgan fingerprint density at radius 2 is 1.88 bits per heavy atom. The number of aromatic nitrogens is 3. The number of hydrogen-bond donors (Lipinski definition) is 1. The average molecular weight is 609 g/mol. The lowest BCUT2D eigenvalue weighted by molar-refractivity contribution is -0.241. The van der Waals surface area contributed by atoms with Crippen molar-refractivity contribution in [3.63, 3.8) is 0 Å². The summed E-state index contributed by atoms with van der Waals surface area (Å²) in [5.74, 6) is -3.37. The molecule has 2 N–H and O–H groups in total. The summed E-state index contributed by atoms with van der Waals surface area (Å²) in [6.07, 6.45) is -9.04. The fourth-order valence-corrected chi connectivity index (χ4v) is 7.30. The molecule has 10 nitrogen and oxygen atoms in total. The molecule has 0 radical (unpaired) electrons. The van der Waals surface area contributed by atoms with Gasteiger partial charge in [-0.15, -0.1) is 0 Å². The summed E-state index contributed by atoms with van der Waals surface area (Å²) < 4.78 is 108. The Bertz CT molecular complexity index is 1710. The molecule has 3 fully saturated rings. The third-order valence-corrected chi connectivity index (χ3v) is 9.19. The Morgan fingerprint density at radius 3 is 2.45 bits per heavy atom. The van der Waals surface area contributed by atoms with Crippen molar-refractivity contribution in [2.75, 3.05) is 5.73 Å². The lowest BCUT2D eigenvalue weighted by Crippen LogP contribution is -2.58. The quantitative estimate of drug-likeness (QED) is 0.329. The summed E-state index contributed by atoms with van der Waals surface area (Å²) in [7, 11) is -5.13. The van der Waals surface area contributed by atoms with Crippen LogP contribution < -0.4 is 5.73 Å². The van der Waals surface area contributed by atoms with Crippen molar-refractivity contribution in [2.45, 2.75) is 48.5 Å². The van der Waals surface area contributed by atoms with Gasteiger partial charge < -0.3 is 10.6 Å². The number of carbonyl (C=O) groups excluding carboxylic acids is 1. The summed E-state index contributed by atoms with van der Waals surface area (Å²) in [4.78, 5) is 22.6. The minimum atomic E-state index is -5.55. The van der Waals surface area contributed by atoms with E-state index in [9.17, 15) is 44.8 Å². The molecule has 3 saturated carbocycles. The van der Waals surface area contributed by atoms with Crippen LogP contribution in [0.4, 0.5) is 32.2 Å². The van der Waals surface area contributed by atoms with Gasteiger partial charge in [-0.05, 0) is 42.3 Å². The molecule has 3 aliphatic rings. The molecule has 0 saturated heterocycles. The minimum Gasteiger partial charge on any atom is -0.381 e. The Balaban J connectivity index is 1.63. The molecule has 2 heterocycles. The zero-order valence-corrected chi connectivity index (χ0v) is 21.3. The molecular weight excluding hydrogens is 594 g/mol. The first-order valence-corrected chi connectivity index (χ1v) is 13.0. The van der Waals surface area contributed by atoms with Crippen LogP contribution in [0.15, 0.2) is 35.5 Å². The molecule has 0 amide bonds. The van der Waals surface area contributed by atoms with Crippen LogP contribution in [0.1, 0.15) is 31.4 Å². The topological polar surface area (TPSA) is 144 Å². The van der Waals surface area contributed by atoms with Gasteiger partial charge in [0, 0.05) is 11.8 Å². The molecule has 212 valence electrons. The number of anilines is 1. The first kappa shape index (κ1) is 27.9. The van der Waals surface area contributed by atoms with Crippen LogP contribution >= 0.6 is 11.6 Å². The van der Waals surface area contributed by atoms with Gasteiger partial charge in [0.25, 0.3) is 10.0 Å². The van der Waals surface area contributed by atoms with E-state index in [1.54, 1.807) is 0 Å². The zero-order chi connectivity index (χ0) is 29.5. The van der Waals surface area contributed by atoms with E-state index in [0.29, 0.717) is 6.20 Å². The second kappa shape index (κ2) is 8.69. The third-order valence-electron chi connectivity index (χ3n) is 6.96. The number of nitrogens with two attached hydrogens (primary N) is 1. The molecule has 40 heavy (non-hydrogen) atoms. The number of fused-ring (bicyclic) bond motifs is 2. The fourth-order valence-electron chi connectivity index (χ4n) is 5.23. The van der Waals surface area contributed by atoms with E-state index in [1.807, 2.05) is 6.07 Å². The molecule has 3 aliphatic carbocycles. The Hall–Kier alpha value is -3.62. The highest BCUT2D eigenvalue weighted by molar-refractivity contribution is 7.89. The number of sulfonamides is 1. The number of alkyl halides is 6. The maximum atomic E-state index is 13.8. The fraction of sp³-hybridized carbons (Fsp3) is 0.364. The van der Waals surface area contributed by atoms with Gasteiger partial charge in [0.2, 0.25) is 0 Å². The highest BCUT2D eigenvalue weighted by atomic mass is 35.5. The van der Waals surface area contributed by atoms with E-state index in [2.05, 4.69) is 14.8 Å². The number of imidazole rings is 1. The van der Waals surface area contributed by atoms with Crippen LogP contribution in [-0.2, 0) is 25.8 Å². The van der Waals surface area contributed by atoms with Crippen molar-refractivity contribution in [1.82, 2.24) is 18.8 Å². The molecule has 0 unspecified atom stereocenters. The number of halogens is 7. The van der Waals surface area contributed by atoms with E-state index in [1.165, 1.54) is 6.07 Å². The van der Waals surface area contributed by atoms with Crippen LogP contribution in [0.5, 0.6) is 0 Å². The van der Waals surface area contributed by atoms with Crippen LogP contribution in [0.3, 0.4) is 0 Å². The Kier molecular flexibility index (Phi) is 6.07. The lowest BCUT2D eigenvalue weighted by atomic mass is 9.66. The summed E-state index contributed by atoms with van der Waals surface area (Å²) in [6.45, 7) is 0. The number of nitrogen functional groups attached to an aromatic ring is 1. The first-order chi connectivity index (χ1) is 18.4. The van der Waals surface area contributed by atoms with Crippen molar-refractivity contribution >= 4 is 39.1 Å². The largest absolute Gasteiger partial charge is 0.492 e. The smallest absolute Gasteiger partial charge is 0.381 e. The molecule has 18 heteroatoms. The molecule has 0 aliphatic heterocycles. The predicted octanol–water partition coefficient (Wildman–Crippen LogP) is 4.50. The third kappa shape index (κ3) is 4.30. The van der Waals surface area contributed by atoms with Crippen LogP contribution in [0, 0.1) is 16.7 Å². The van der Waals surface area contributed by atoms with E-state index in [0.717, 1.165) is 22.7 Å². The average Bonchev–Trinajstić information content (AvgIpc) is 3.53. The predicted molar refractivity (Wildman–Crippen MR) is 123 cm³/mol. The molecule has 6 rings (SSSR count). The summed E-state index contributed by atoms with van der Waals surface area (Å²) in [6, 6.07) is 5.20. The van der Waals surface area contributed by atoms with Crippen molar-refractivity contribution < 1.29 is 44.4 Å². The van der Waals surface area contributed by atoms with Crippen molar-refractivity contribution in [3.05, 3.63) is 41.3 Å². The van der Waals surface area contributed by atoms with Gasteiger partial charge in [-0.25, -0.2) is 23.2 Å². The van der Waals surface area contributed by atoms with Crippen LogP contribution in [0.2, 0.25) is 5.02 Å². The Labute approximate surface area is 225 Å². The maximum Gasteiger partial charge on any atom is 0.492 e. The van der Waals surface area contributed by atoms with Crippen molar-refractivity contribution in [3.8, 4) is 17.3 Å². The lowest BCUT2D eigenvalue weighted by Gasteiger charge is -2.47. The molecule has 0 spiro atoms. The second-order valence-corrected chi connectivity index (χ2v) is 11.7. The van der Waals surface area contributed by atoms with Gasteiger partial charge >= 0.3 is 18.3 Å². The number of hydrogen-bond acceptors (Lipinski definition) is 8. The van der Waals surface area contributed by atoms with E-state index < -0.39 is 60.7 Å². The summed E-state index contributed by atoms with van der Waals surface area (Å²) >= 11 is 6.14. The number of benzene rings is 1. The SMILES string of the molecule is N#CC12CCC(N(OC(=O)C(F)(F)F)S(=O)(=O)c3cc(-c4cnc5c(N)nc(C(F)(F)F)cn45)ccc3Cl)(C1)C2. The maximum absolute atomic E-state index is 13.8. The van der Waals surface area contributed by atoms with Crippen molar-refractivity contribution in [1.29, 1.82) is 5.26 Å². The number of nitrogens with zero attached hydrogens (tertiary/aromatic N) is 5. The summed E-state index contributed by atoms with van der Waals surface area (Å²) in [5, 5.41) is 8.95. The normalized spacial score (nSPS) is 22.8. The molecule has 0 atom stereocenters. The monoisotopic (exact) mass is 608 g/mol. The molecular formula is C22H15ClF6N6O4S. The van der Waals surface area contributed by atoms with E-state index in [4.69, 9.17) is 17.3 Å². The second-order valence-electron chi connectivity index (χ2n) is 9.57. The summed E-state index contributed by atoms with van der Waals surface area (Å²) in [5.41, 5.74) is 1.30. The number of hydroxylamine groups is 1. The molecule has 2 bridgehead atoms. The minimum absolute atomic E-state index is 0.0401. The Morgan fingerprint density at radius 1 is 1.20 bits per heavy atom. The zero-order valence-electron chi connectivity index (χ0n) is 19.7. The van der Waals surface area contributed by atoms with Gasteiger partial charge in [-0.3, -0.25) is 4.40 Å². The van der Waals surface area contributed by atoms with Gasteiger partial charge in [0.15, 0.2) is 17.2 Å². The molecule has 3 aromatic rings. The van der Waals surface area contributed by atoms with Gasteiger partial charge in [-0.1, -0.05) is 17.7 Å². The van der Waals surface area contributed by atoms with E-state index in [-0.39, 0.29) is 47.1 Å². The van der Waals surface area contributed by atoms with Gasteiger partial charge in [0.05, 0.1) is 33.9 Å². The standard InChI is InChI=1S/C22H15ClF6N6O4S/c23-12-2-1-11(13-6-32-17-16(31)33-15(7-34(13)17)21(24,25)26)5-14(12)40(37,38)35(39-18(36)22(27,28)29)20-4-3-19(8-20,9-20)10-30/h1-2,5-7H,3-4,8-9H2,(H2,31,33). The first-order valence-electron chi connectivity index (χ1n) is 11.2. The van der Waals surface area contributed by atoms with Crippen LogP contribution in [0.25, 0.3) is 16.9 Å². The highest BCUT2D eigenvalue weighted by Crippen LogP contribution is 2.64. The molecule has 1 aromatic carbocycles. The van der Waals surface area contributed by atoms with Crippen LogP contribution in [-0.4, -0.2) is 44.9 Å². The van der Waals surface area contributed by atoms with E-state index >= 15 is 0 Å².